The molecule has 2 aliphatic rings. The summed E-state index contributed by atoms with van der Waals surface area (Å²) in [6, 6.07) is 4.74. The van der Waals surface area contributed by atoms with Crippen LogP contribution in [0.4, 0.5) is 5.82 Å². The molecule has 5 heteroatoms. The Morgan fingerprint density at radius 1 is 1.24 bits per heavy atom. The molecule has 0 N–H and O–H groups in total. The van der Waals surface area contributed by atoms with Crippen molar-refractivity contribution >= 4 is 5.82 Å². The number of rotatable bonds is 2. The van der Waals surface area contributed by atoms with Gasteiger partial charge in [0.2, 0.25) is 0 Å². The summed E-state index contributed by atoms with van der Waals surface area (Å²) in [7, 11) is 0. The van der Waals surface area contributed by atoms with Crippen LogP contribution in [0.15, 0.2) is 12.3 Å². The van der Waals surface area contributed by atoms with Gasteiger partial charge < -0.3 is 4.90 Å². The quantitative estimate of drug-likeness (QED) is 0.744. The molecule has 5 nitrogen and oxygen atoms in total. The fourth-order valence-corrected chi connectivity index (χ4v) is 2.38. The van der Waals surface area contributed by atoms with Crippen LogP contribution in [0.3, 0.4) is 0 Å². The zero-order valence-corrected chi connectivity index (χ0v) is 9.71. The molecule has 1 saturated carbocycles. The summed E-state index contributed by atoms with van der Waals surface area (Å²) in [6.07, 6.45) is 4.28. The van der Waals surface area contributed by atoms with E-state index in [4.69, 9.17) is 5.26 Å². The largest absolute Gasteiger partial charge is 0.351 e. The number of nitriles is 1. The second-order valence-corrected chi connectivity index (χ2v) is 4.63. The molecule has 1 aliphatic carbocycles. The Labute approximate surface area is 101 Å². The van der Waals surface area contributed by atoms with Crippen molar-refractivity contribution in [1.29, 1.82) is 5.26 Å². The summed E-state index contributed by atoms with van der Waals surface area (Å²) in [5, 5.41) is 17.0. The van der Waals surface area contributed by atoms with Crippen LogP contribution in [0.1, 0.15) is 18.4 Å². The second-order valence-electron chi connectivity index (χ2n) is 4.63. The summed E-state index contributed by atoms with van der Waals surface area (Å²) in [5.74, 6) is 0.741. The first-order valence-corrected chi connectivity index (χ1v) is 6.09. The highest BCUT2D eigenvalue weighted by Crippen LogP contribution is 2.28. The smallest absolute Gasteiger partial charge is 0.169 e. The van der Waals surface area contributed by atoms with E-state index in [2.05, 4.69) is 26.1 Å². The van der Waals surface area contributed by atoms with Gasteiger partial charge in [-0.25, -0.2) is 0 Å². The van der Waals surface area contributed by atoms with E-state index < -0.39 is 0 Å². The lowest BCUT2D eigenvalue weighted by Gasteiger charge is -2.35. The third-order valence-electron chi connectivity index (χ3n) is 3.50. The summed E-state index contributed by atoms with van der Waals surface area (Å²) in [4.78, 5) is 4.71. The maximum absolute atomic E-state index is 9.04. The molecule has 2 heterocycles. The van der Waals surface area contributed by atoms with Gasteiger partial charge in [-0.3, -0.25) is 4.90 Å². The number of anilines is 1. The third-order valence-corrected chi connectivity index (χ3v) is 3.50. The molecule has 0 amide bonds. The molecular weight excluding hydrogens is 214 g/mol. The SMILES string of the molecule is N#Cc1ccnnc1N1CCN(C2CC2)CC1. The van der Waals surface area contributed by atoms with Gasteiger partial charge in [-0.2, -0.15) is 10.4 Å². The van der Waals surface area contributed by atoms with Crippen molar-refractivity contribution in [3.8, 4) is 6.07 Å². The van der Waals surface area contributed by atoms with Crippen LogP contribution in [0.5, 0.6) is 0 Å². The molecule has 17 heavy (non-hydrogen) atoms. The first kappa shape index (κ1) is 10.5. The standard InChI is InChI=1S/C12H15N5/c13-9-10-3-4-14-15-12(10)17-7-5-16(6-8-17)11-1-2-11/h3-4,11H,1-2,5-8H2. The summed E-state index contributed by atoms with van der Waals surface area (Å²) in [5.41, 5.74) is 0.625. The van der Waals surface area contributed by atoms with Crippen molar-refractivity contribution in [2.45, 2.75) is 18.9 Å². The van der Waals surface area contributed by atoms with Gasteiger partial charge in [-0.15, -0.1) is 5.10 Å². The lowest BCUT2D eigenvalue weighted by atomic mass is 10.2. The molecule has 1 aromatic rings. The lowest BCUT2D eigenvalue weighted by molar-refractivity contribution is 0.247. The highest BCUT2D eigenvalue weighted by Gasteiger charge is 2.31. The summed E-state index contributed by atoms with van der Waals surface area (Å²) in [6.45, 7) is 4.05. The molecule has 1 aliphatic heterocycles. The Morgan fingerprint density at radius 2 is 2.00 bits per heavy atom. The fraction of sp³-hybridized carbons (Fsp3) is 0.583. The van der Waals surface area contributed by atoms with Crippen molar-refractivity contribution in [1.82, 2.24) is 15.1 Å². The van der Waals surface area contributed by atoms with Crippen molar-refractivity contribution in [2.75, 3.05) is 31.1 Å². The van der Waals surface area contributed by atoms with Gasteiger partial charge in [0.25, 0.3) is 0 Å². The van der Waals surface area contributed by atoms with E-state index in [-0.39, 0.29) is 0 Å². The molecular formula is C12H15N5. The van der Waals surface area contributed by atoms with Gasteiger partial charge in [-0.05, 0) is 18.9 Å². The van der Waals surface area contributed by atoms with Gasteiger partial charge in [-0.1, -0.05) is 0 Å². The molecule has 0 radical (unpaired) electrons. The molecule has 0 bridgehead atoms. The molecule has 0 aromatic carbocycles. The minimum Gasteiger partial charge on any atom is -0.351 e. The van der Waals surface area contributed by atoms with Crippen molar-refractivity contribution < 1.29 is 0 Å². The molecule has 0 unspecified atom stereocenters. The van der Waals surface area contributed by atoms with Crippen LogP contribution in [-0.2, 0) is 0 Å². The molecule has 3 rings (SSSR count). The average molecular weight is 229 g/mol. The Morgan fingerprint density at radius 3 is 2.65 bits per heavy atom. The molecule has 88 valence electrons. The lowest BCUT2D eigenvalue weighted by Crippen LogP contribution is -2.47. The fourth-order valence-electron chi connectivity index (χ4n) is 2.38. The number of hydrogen-bond donors (Lipinski definition) is 0. The molecule has 1 saturated heterocycles. The summed E-state index contributed by atoms with van der Waals surface area (Å²) >= 11 is 0. The third kappa shape index (κ3) is 2.08. The van der Waals surface area contributed by atoms with Crippen molar-refractivity contribution in [2.24, 2.45) is 0 Å². The van der Waals surface area contributed by atoms with Crippen LogP contribution in [0.2, 0.25) is 0 Å². The minimum atomic E-state index is 0.625. The van der Waals surface area contributed by atoms with Crippen LogP contribution < -0.4 is 4.90 Å². The molecule has 2 fully saturated rings. The topological polar surface area (TPSA) is 56.1 Å². The van der Waals surface area contributed by atoms with Crippen LogP contribution in [-0.4, -0.2) is 47.3 Å². The van der Waals surface area contributed by atoms with Gasteiger partial charge >= 0.3 is 0 Å². The van der Waals surface area contributed by atoms with E-state index in [1.54, 1.807) is 12.3 Å². The number of aromatic nitrogens is 2. The Hall–Kier alpha value is -1.67. The van der Waals surface area contributed by atoms with Gasteiger partial charge in [0.15, 0.2) is 5.82 Å². The maximum Gasteiger partial charge on any atom is 0.169 e. The van der Waals surface area contributed by atoms with Crippen LogP contribution in [0, 0.1) is 11.3 Å². The van der Waals surface area contributed by atoms with Crippen molar-refractivity contribution in [3.05, 3.63) is 17.8 Å². The monoisotopic (exact) mass is 229 g/mol. The number of nitrogens with zero attached hydrogens (tertiary/aromatic N) is 5. The van der Waals surface area contributed by atoms with E-state index in [1.807, 2.05) is 0 Å². The van der Waals surface area contributed by atoms with Gasteiger partial charge in [0.1, 0.15) is 6.07 Å². The van der Waals surface area contributed by atoms with Gasteiger partial charge in [0.05, 0.1) is 11.8 Å². The summed E-state index contributed by atoms with van der Waals surface area (Å²) < 4.78 is 0. The molecule has 0 atom stereocenters. The zero-order chi connectivity index (χ0) is 11.7. The second kappa shape index (κ2) is 4.30. The first-order chi connectivity index (χ1) is 8.38. The van der Waals surface area contributed by atoms with E-state index in [0.29, 0.717) is 5.56 Å². The Balaban J connectivity index is 1.71. The van der Waals surface area contributed by atoms with Crippen LogP contribution >= 0.6 is 0 Å². The van der Waals surface area contributed by atoms with E-state index in [1.165, 1.54) is 12.8 Å². The average Bonchev–Trinajstić information content (AvgIpc) is 3.23. The predicted octanol–water partition coefficient (Wildman–Crippen LogP) is 0.633. The zero-order valence-electron chi connectivity index (χ0n) is 9.71. The van der Waals surface area contributed by atoms with Crippen molar-refractivity contribution in [3.63, 3.8) is 0 Å². The first-order valence-electron chi connectivity index (χ1n) is 6.09. The van der Waals surface area contributed by atoms with E-state index in [9.17, 15) is 0 Å². The normalized spacial score (nSPS) is 21.2. The van der Waals surface area contributed by atoms with Gasteiger partial charge in [0, 0.05) is 32.2 Å². The molecule has 1 aromatic heterocycles. The Kier molecular flexibility index (Phi) is 2.65. The predicted molar refractivity (Wildman–Crippen MR) is 63.6 cm³/mol. The highest BCUT2D eigenvalue weighted by molar-refractivity contribution is 5.52. The molecule has 0 spiro atoms. The maximum atomic E-state index is 9.04. The number of piperazine rings is 1. The highest BCUT2D eigenvalue weighted by atomic mass is 15.3. The number of hydrogen-bond acceptors (Lipinski definition) is 5. The van der Waals surface area contributed by atoms with E-state index >= 15 is 0 Å². The van der Waals surface area contributed by atoms with E-state index in [0.717, 1.165) is 38.0 Å². The van der Waals surface area contributed by atoms with Crippen LogP contribution in [0.25, 0.3) is 0 Å². The Bertz CT molecular complexity index is 440. The minimum absolute atomic E-state index is 0.625.